The van der Waals surface area contributed by atoms with Gasteiger partial charge < -0.3 is 14.9 Å². The summed E-state index contributed by atoms with van der Waals surface area (Å²) in [5, 5.41) is 19.0. The molecule has 3 saturated heterocycles. The molecule has 1 spiro atoms. The Hall–Kier alpha value is -1.29. The van der Waals surface area contributed by atoms with E-state index in [1.54, 1.807) is 0 Å². The molecule has 3 fully saturated rings. The van der Waals surface area contributed by atoms with Crippen molar-refractivity contribution in [1.82, 2.24) is 0 Å². The van der Waals surface area contributed by atoms with Gasteiger partial charge in [-0.3, -0.25) is 0 Å². The Kier molecular flexibility index (Phi) is 2.46. The van der Waals surface area contributed by atoms with Crippen molar-refractivity contribution < 1.29 is 64.7 Å². The summed E-state index contributed by atoms with van der Waals surface area (Å²) in [6.45, 7) is 0. The van der Waals surface area contributed by atoms with Crippen LogP contribution in [0.15, 0.2) is 11.5 Å². The molecule has 4 rings (SSSR count). The Balaban J connectivity index is 1.89. The first kappa shape index (κ1) is 14.3. The zero-order valence-corrected chi connectivity index (χ0v) is 11.4. The molecule has 14 nitrogen and oxygen atoms in total. The van der Waals surface area contributed by atoms with Crippen molar-refractivity contribution in [3.63, 3.8) is 0 Å². The van der Waals surface area contributed by atoms with Crippen LogP contribution in [0.5, 0.6) is 0 Å². The van der Waals surface area contributed by atoms with Crippen LogP contribution in [0, 0.1) is 0 Å². The summed E-state index contributed by atoms with van der Waals surface area (Å²) in [6, 6.07) is 0. The average Bonchev–Trinajstić information content (AvgIpc) is 2.94. The fourth-order valence-corrected chi connectivity index (χ4v) is 4.00. The fourth-order valence-electron chi connectivity index (χ4n) is 1.98. The van der Waals surface area contributed by atoms with Crippen LogP contribution in [0.4, 0.5) is 0 Å². The molecule has 2 N–H and O–H groups in total. The zero-order valence-electron chi connectivity index (χ0n) is 9.73. The number of rotatable bonds is 1. The third-order valence-corrected chi connectivity index (χ3v) is 4.69. The molecule has 2 bridgehead atoms. The van der Waals surface area contributed by atoms with Crippen molar-refractivity contribution >= 4 is 24.2 Å². The van der Waals surface area contributed by atoms with E-state index < -0.39 is 53.6 Å². The molecular weight excluding hydrogens is 359 g/mol. The topological polar surface area (TPSA) is 183 Å². The minimum Gasteiger partial charge on any atom is -0.505 e. The van der Waals surface area contributed by atoms with Gasteiger partial charge in [0.2, 0.25) is 11.9 Å². The number of phosphoric acid groups is 1. The minimum atomic E-state index is -4.92. The van der Waals surface area contributed by atoms with E-state index in [0.29, 0.717) is 0 Å². The van der Waals surface area contributed by atoms with E-state index in [1.165, 1.54) is 0 Å². The predicted molar refractivity (Wildman–Crippen MR) is 51.7 cm³/mol. The number of aliphatic hydroxyl groups is 2. The van der Waals surface area contributed by atoms with Crippen LogP contribution in [-0.4, -0.2) is 42.5 Å². The highest BCUT2D eigenvalue weighted by Crippen LogP contribution is 2.70. The quantitative estimate of drug-likeness (QED) is 0.326. The second-order valence-electron chi connectivity index (χ2n) is 4.17. The number of aliphatic hydroxyl groups excluding tert-OH is 2. The number of ether oxygens (including phenoxy) is 1. The van der Waals surface area contributed by atoms with Crippen LogP contribution in [0.3, 0.4) is 0 Å². The Bertz CT molecular complexity index is 768. The van der Waals surface area contributed by atoms with Crippen LogP contribution in [-0.2, 0) is 56.5 Å². The lowest BCUT2D eigenvalue weighted by atomic mass is 10.1. The SMILES string of the molecule is O=C1O[C@H]([C@@]23OOP4(=O)OOC2(O4)OS(=O)(=O)O3)C(O)=C1O. The van der Waals surface area contributed by atoms with Crippen LogP contribution in [0.25, 0.3) is 0 Å². The van der Waals surface area contributed by atoms with Gasteiger partial charge in [0.1, 0.15) is 0 Å². The predicted octanol–water partition coefficient (Wildman–Crippen LogP) is -1.07. The highest BCUT2D eigenvalue weighted by atomic mass is 32.3. The van der Waals surface area contributed by atoms with E-state index >= 15 is 0 Å². The molecule has 0 aromatic rings. The van der Waals surface area contributed by atoms with E-state index in [1.807, 2.05) is 0 Å². The van der Waals surface area contributed by atoms with Gasteiger partial charge in [0.25, 0.3) is 0 Å². The Labute approximate surface area is 119 Å². The molecular formula is C6H3O14PS. The molecule has 0 radical (unpaired) electrons. The second kappa shape index (κ2) is 3.78. The number of esters is 1. The molecule has 4 atom stereocenters. The fraction of sp³-hybridized carbons (Fsp3) is 0.500. The second-order valence-corrected chi connectivity index (χ2v) is 6.70. The summed E-state index contributed by atoms with van der Waals surface area (Å²) >= 11 is 0. The number of carbonyl (C=O) groups excluding carboxylic acids is 1. The maximum atomic E-state index is 11.7. The molecule has 0 amide bonds. The van der Waals surface area contributed by atoms with Crippen molar-refractivity contribution in [1.29, 1.82) is 0 Å². The molecule has 4 heterocycles. The lowest BCUT2D eigenvalue weighted by Crippen LogP contribution is -2.63. The zero-order chi connectivity index (χ0) is 16.0. The maximum Gasteiger partial charge on any atom is 0.534 e. The molecule has 4 aliphatic rings. The monoisotopic (exact) mass is 362 g/mol. The van der Waals surface area contributed by atoms with Crippen LogP contribution in [0.2, 0.25) is 0 Å². The third-order valence-electron chi connectivity index (χ3n) is 2.84. The molecule has 0 aliphatic carbocycles. The number of carbonyl (C=O) groups is 1. The van der Waals surface area contributed by atoms with E-state index in [0.717, 1.165) is 0 Å². The number of hydrogen-bond acceptors (Lipinski definition) is 14. The number of cyclic esters (lactones) is 1. The molecule has 2 unspecified atom stereocenters. The van der Waals surface area contributed by atoms with E-state index in [-0.39, 0.29) is 0 Å². The molecule has 4 aliphatic heterocycles. The van der Waals surface area contributed by atoms with Gasteiger partial charge in [0.15, 0.2) is 5.76 Å². The van der Waals surface area contributed by atoms with Gasteiger partial charge in [0, 0.05) is 0 Å². The van der Waals surface area contributed by atoms with Crippen LogP contribution in [0.1, 0.15) is 0 Å². The Morgan fingerprint density at radius 1 is 1.14 bits per heavy atom. The van der Waals surface area contributed by atoms with Gasteiger partial charge >= 0.3 is 36.0 Å². The molecule has 0 aromatic carbocycles. The average molecular weight is 362 g/mol. The van der Waals surface area contributed by atoms with Crippen LogP contribution < -0.4 is 0 Å². The summed E-state index contributed by atoms with van der Waals surface area (Å²) in [6.07, 6.45) is -2.17. The summed E-state index contributed by atoms with van der Waals surface area (Å²) in [7, 11) is -9.42. The summed E-state index contributed by atoms with van der Waals surface area (Å²) < 4.78 is 61.0. The van der Waals surface area contributed by atoms with Crippen molar-refractivity contribution in [3.05, 3.63) is 11.5 Å². The van der Waals surface area contributed by atoms with Gasteiger partial charge in [-0.25, -0.2) is 13.9 Å². The van der Waals surface area contributed by atoms with Gasteiger partial charge in [0.05, 0.1) is 0 Å². The molecule has 0 saturated carbocycles. The van der Waals surface area contributed by atoms with E-state index in [4.69, 9.17) is 0 Å². The van der Waals surface area contributed by atoms with Crippen molar-refractivity contribution in [3.8, 4) is 0 Å². The highest BCUT2D eigenvalue weighted by molar-refractivity contribution is 7.82. The minimum absolute atomic E-state index is 1.20. The molecule has 0 aromatic heterocycles. The molecule has 22 heavy (non-hydrogen) atoms. The molecule has 122 valence electrons. The Morgan fingerprint density at radius 2 is 1.82 bits per heavy atom. The lowest BCUT2D eigenvalue weighted by Gasteiger charge is -2.36. The van der Waals surface area contributed by atoms with Crippen LogP contribution >= 0.6 is 7.82 Å². The Morgan fingerprint density at radius 3 is 2.45 bits per heavy atom. The largest absolute Gasteiger partial charge is 0.534 e. The first-order chi connectivity index (χ1) is 10.1. The normalized spacial score (nSPS) is 49.3. The van der Waals surface area contributed by atoms with Gasteiger partial charge in [-0.1, -0.05) is 0 Å². The standard InChI is InChI=1S/C6H3O14PS/c7-1-2(8)4(9)13-3(1)5-6(18-22(11,12)17-5)15-20-21(10,16-6)19-14-5/h3,7-8H/t3-,5-,6?,21?/m0/s1. The molecule has 16 heteroatoms. The summed E-state index contributed by atoms with van der Waals surface area (Å²) in [4.78, 5) is 20.2. The lowest BCUT2D eigenvalue weighted by molar-refractivity contribution is -0.510. The van der Waals surface area contributed by atoms with Crippen molar-refractivity contribution in [2.45, 2.75) is 17.9 Å². The number of fused-ring (bicyclic) bond motifs is 1. The van der Waals surface area contributed by atoms with Gasteiger partial charge in [-0.05, 0) is 0 Å². The van der Waals surface area contributed by atoms with E-state index in [2.05, 4.69) is 36.8 Å². The first-order valence-corrected chi connectivity index (χ1v) is 7.96. The smallest absolute Gasteiger partial charge is 0.505 e. The number of hydrogen-bond donors (Lipinski definition) is 2. The van der Waals surface area contributed by atoms with Crippen molar-refractivity contribution in [2.24, 2.45) is 0 Å². The first-order valence-electron chi connectivity index (χ1n) is 5.17. The van der Waals surface area contributed by atoms with E-state index in [9.17, 15) is 28.0 Å². The highest BCUT2D eigenvalue weighted by Gasteiger charge is 2.85. The third kappa shape index (κ3) is 1.54. The summed E-state index contributed by atoms with van der Waals surface area (Å²) in [5.74, 6) is -9.91. The van der Waals surface area contributed by atoms with Gasteiger partial charge in [-0.15, -0.1) is 9.35 Å². The maximum absolute atomic E-state index is 11.7. The summed E-state index contributed by atoms with van der Waals surface area (Å²) in [5.41, 5.74) is 0. The van der Waals surface area contributed by atoms with Crippen molar-refractivity contribution in [2.75, 3.05) is 0 Å². The van der Waals surface area contributed by atoms with Gasteiger partial charge in [-0.2, -0.15) is 26.6 Å².